The first-order valence-corrected chi connectivity index (χ1v) is 12.8. The minimum absolute atomic E-state index is 0.0698. The number of hydrogen-bond acceptors (Lipinski definition) is 11. The quantitative estimate of drug-likeness (QED) is 0.220. The van der Waals surface area contributed by atoms with Gasteiger partial charge in [-0.1, -0.05) is 23.1 Å². The van der Waals surface area contributed by atoms with Crippen LogP contribution in [0.5, 0.6) is 0 Å². The van der Waals surface area contributed by atoms with E-state index in [2.05, 4.69) is 20.6 Å². The molecule has 3 atom stereocenters. The normalized spacial score (nSPS) is 20.6. The lowest BCUT2D eigenvalue weighted by Gasteiger charge is -2.49. The fraction of sp³-hybridized carbons (Fsp3) is 0.444. The number of aromatic nitrogens is 4. The van der Waals surface area contributed by atoms with E-state index in [1.807, 2.05) is 6.92 Å². The summed E-state index contributed by atoms with van der Waals surface area (Å²) in [6, 6.07) is -0.551. The number of amides is 2. The molecular formula is C18H19N7O6S3. The second kappa shape index (κ2) is 9.34. The lowest BCUT2D eigenvalue weighted by Crippen LogP contribution is -2.71. The molecule has 4 rings (SSSR count). The Bertz CT molecular complexity index is 1220. The highest BCUT2D eigenvalue weighted by atomic mass is 32.2. The summed E-state index contributed by atoms with van der Waals surface area (Å²) in [5.74, 6) is -1.92. The number of carbonyl (C=O) groups is 3. The van der Waals surface area contributed by atoms with Crippen molar-refractivity contribution in [2.24, 2.45) is 0 Å². The molecule has 2 aliphatic rings. The number of rotatable bonds is 8. The number of aryl methyl sites for hydroxylation is 2. The Labute approximate surface area is 205 Å². The van der Waals surface area contributed by atoms with Crippen molar-refractivity contribution in [1.82, 2.24) is 30.2 Å². The Kier molecular flexibility index (Phi) is 6.64. The van der Waals surface area contributed by atoms with E-state index in [1.165, 1.54) is 57.4 Å². The second-order valence-corrected chi connectivity index (χ2v) is 11.1. The molecule has 0 bridgehead atoms. The first kappa shape index (κ1) is 24.2. The molecule has 2 aromatic rings. The maximum absolute atomic E-state index is 12.9. The van der Waals surface area contributed by atoms with Crippen molar-refractivity contribution < 1.29 is 24.4 Å². The molecule has 2 N–H and O–H groups in total. The first-order chi connectivity index (χ1) is 16.1. The molecule has 0 saturated carbocycles. The number of carboxylic acid groups (broad SMARTS) is 1. The number of fused-ring (bicyclic) bond motifs is 1. The van der Waals surface area contributed by atoms with E-state index in [0.717, 1.165) is 5.01 Å². The number of nitro groups is 1. The summed E-state index contributed by atoms with van der Waals surface area (Å²) in [4.78, 5) is 49.1. The molecule has 0 aromatic carbocycles. The summed E-state index contributed by atoms with van der Waals surface area (Å²) >= 11 is 4.13. The molecule has 13 nitrogen and oxygen atoms in total. The molecule has 2 amide bonds. The SMILES string of the molecule is Cc1nnc(SCC2=C(C(=O)O)N3C(=O)[C@@H](NC(=O)[C@H](C)n4nc([N+](=O)[O-])cc4C)[C@H]3SC2)s1. The molecule has 2 aliphatic heterocycles. The molecule has 2 aromatic heterocycles. The van der Waals surface area contributed by atoms with Gasteiger partial charge in [0.15, 0.2) is 4.34 Å². The number of hydrogen-bond donors (Lipinski definition) is 2. The summed E-state index contributed by atoms with van der Waals surface area (Å²) in [6.45, 7) is 4.93. The van der Waals surface area contributed by atoms with E-state index >= 15 is 0 Å². The predicted molar refractivity (Wildman–Crippen MR) is 123 cm³/mol. The lowest BCUT2D eigenvalue weighted by atomic mass is 10.0. The summed E-state index contributed by atoms with van der Waals surface area (Å²) in [5.41, 5.74) is 0.948. The van der Waals surface area contributed by atoms with Crippen LogP contribution in [-0.2, 0) is 14.4 Å². The van der Waals surface area contributed by atoms with Crippen LogP contribution in [0.15, 0.2) is 21.7 Å². The van der Waals surface area contributed by atoms with Crippen LogP contribution in [0.3, 0.4) is 0 Å². The van der Waals surface area contributed by atoms with Crippen LogP contribution >= 0.6 is 34.9 Å². The average Bonchev–Trinajstić information content (AvgIpc) is 3.39. The smallest absolute Gasteiger partial charge is 0.390 e. The Morgan fingerprint density at radius 1 is 1.41 bits per heavy atom. The molecule has 16 heteroatoms. The fourth-order valence-corrected chi connectivity index (χ4v) is 6.92. The lowest BCUT2D eigenvalue weighted by molar-refractivity contribution is -0.389. The zero-order valence-electron chi connectivity index (χ0n) is 18.1. The van der Waals surface area contributed by atoms with E-state index in [0.29, 0.717) is 27.1 Å². The van der Waals surface area contributed by atoms with Crippen LogP contribution in [0.4, 0.5) is 5.82 Å². The topological polar surface area (TPSA) is 173 Å². The molecule has 4 heterocycles. The number of β-lactam (4-membered cyclic amide) rings is 1. The average molecular weight is 526 g/mol. The Morgan fingerprint density at radius 3 is 2.74 bits per heavy atom. The minimum Gasteiger partial charge on any atom is -0.477 e. The molecule has 1 saturated heterocycles. The third kappa shape index (κ3) is 4.39. The molecule has 34 heavy (non-hydrogen) atoms. The number of nitrogens with one attached hydrogen (secondary N) is 1. The van der Waals surface area contributed by atoms with Gasteiger partial charge < -0.3 is 20.5 Å². The highest BCUT2D eigenvalue weighted by Gasteiger charge is 2.54. The van der Waals surface area contributed by atoms with Gasteiger partial charge in [-0.05, 0) is 31.3 Å². The van der Waals surface area contributed by atoms with Crippen molar-refractivity contribution in [3.63, 3.8) is 0 Å². The standard InChI is InChI=1S/C18H19N7O6S3/c1-7-4-11(25(30)31)22-24(7)8(2)14(26)19-12-15(27)23-13(17(28)29)10(5-32-16(12)23)6-33-18-21-20-9(3)34-18/h4,8,12,16H,5-6H2,1-3H3,(H,19,26)(H,28,29)/t8-,12+,16+/m0/s1. The van der Waals surface area contributed by atoms with Crippen molar-refractivity contribution >= 4 is 58.5 Å². The number of aliphatic carboxylic acids is 1. The van der Waals surface area contributed by atoms with E-state index in [-0.39, 0.29) is 11.5 Å². The largest absolute Gasteiger partial charge is 0.477 e. The maximum atomic E-state index is 12.9. The number of nitrogens with zero attached hydrogens (tertiary/aromatic N) is 6. The van der Waals surface area contributed by atoms with Crippen LogP contribution in [0.1, 0.15) is 23.7 Å². The van der Waals surface area contributed by atoms with Crippen molar-refractivity contribution in [2.45, 2.75) is 42.6 Å². The van der Waals surface area contributed by atoms with Crippen LogP contribution in [-0.4, -0.2) is 75.6 Å². The molecule has 0 spiro atoms. The van der Waals surface area contributed by atoms with E-state index in [4.69, 9.17) is 0 Å². The van der Waals surface area contributed by atoms with Gasteiger partial charge in [-0.25, -0.2) is 4.79 Å². The predicted octanol–water partition coefficient (Wildman–Crippen LogP) is 1.35. The van der Waals surface area contributed by atoms with Crippen LogP contribution in [0.25, 0.3) is 0 Å². The highest BCUT2D eigenvalue weighted by Crippen LogP contribution is 2.42. The monoisotopic (exact) mass is 525 g/mol. The summed E-state index contributed by atoms with van der Waals surface area (Å²) < 4.78 is 1.93. The third-order valence-corrected chi connectivity index (χ3v) is 8.67. The molecule has 1 fully saturated rings. The van der Waals surface area contributed by atoms with Gasteiger partial charge in [-0.15, -0.1) is 22.0 Å². The fourth-order valence-electron chi connectivity index (χ4n) is 3.62. The van der Waals surface area contributed by atoms with Gasteiger partial charge in [-0.3, -0.25) is 14.5 Å². The summed E-state index contributed by atoms with van der Waals surface area (Å²) in [7, 11) is 0. The van der Waals surface area contributed by atoms with Crippen molar-refractivity contribution in [1.29, 1.82) is 0 Å². The second-order valence-electron chi connectivity index (χ2n) is 7.55. The van der Waals surface area contributed by atoms with Crippen molar-refractivity contribution in [2.75, 3.05) is 11.5 Å². The van der Waals surface area contributed by atoms with Gasteiger partial charge >= 0.3 is 11.8 Å². The zero-order valence-corrected chi connectivity index (χ0v) is 20.6. The molecule has 0 aliphatic carbocycles. The number of carbonyl (C=O) groups excluding carboxylic acids is 2. The van der Waals surface area contributed by atoms with Gasteiger partial charge in [0, 0.05) is 11.5 Å². The summed E-state index contributed by atoms with van der Waals surface area (Å²) in [6.07, 6.45) is 0. The van der Waals surface area contributed by atoms with Gasteiger partial charge in [-0.2, -0.15) is 4.68 Å². The van der Waals surface area contributed by atoms with Crippen LogP contribution < -0.4 is 5.32 Å². The number of thioether (sulfide) groups is 2. The molecule has 0 radical (unpaired) electrons. The third-order valence-electron chi connectivity index (χ3n) is 5.27. The van der Waals surface area contributed by atoms with E-state index in [9.17, 15) is 29.6 Å². The van der Waals surface area contributed by atoms with E-state index < -0.39 is 40.2 Å². The van der Waals surface area contributed by atoms with Crippen LogP contribution in [0, 0.1) is 24.0 Å². The first-order valence-electron chi connectivity index (χ1n) is 9.92. The Morgan fingerprint density at radius 2 is 2.15 bits per heavy atom. The van der Waals surface area contributed by atoms with Gasteiger partial charge in [0.05, 0.1) is 16.9 Å². The van der Waals surface area contributed by atoms with Crippen LogP contribution in [0.2, 0.25) is 0 Å². The summed E-state index contributed by atoms with van der Waals surface area (Å²) in [5, 5.41) is 35.4. The Hall–Kier alpha value is -2.98. The minimum atomic E-state index is -1.21. The molecule has 0 unspecified atom stereocenters. The van der Waals surface area contributed by atoms with E-state index in [1.54, 1.807) is 6.92 Å². The maximum Gasteiger partial charge on any atom is 0.390 e. The van der Waals surface area contributed by atoms with Crippen molar-refractivity contribution in [3.05, 3.63) is 38.2 Å². The van der Waals surface area contributed by atoms with Gasteiger partial charge in [0.25, 0.3) is 5.91 Å². The highest BCUT2D eigenvalue weighted by molar-refractivity contribution is 8.01. The van der Waals surface area contributed by atoms with Gasteiger partial charge in [0.1, 0.15) is 28.2 Å². The van der Waals surface area contributed by atoms with Crippen molar-refractivity contribution in [3.8, 4) is 0 Å². The zero-order chi connectivity index (χ0) is 24.7. The molecular weight excluding hydrogens is 506 g/mol. The Balaban J connectivity index is 1.46. The van der Waals surface area contributed by atoms with Gasteiger partial charge in [0.2, 0.25) is 5.91 Å². The number of carboxylic acids is 1. The molecule has 180 valence electrons.